The summed E-state index contributed by atoms with van der Waals surface area (Å²) in [5.74, 6) is 0. The van der Waals surface area contributed by atoms with Crippen molar-refractivity contribution in [1.29, 1.82) is 0 Å². The first-order valence-electron chi connectivity index (χ1n) is 4.64. The molecule has 0 saturated carbocycles. The van der Waals surface area contributed by atoms with Crippen LogP contribution in [0.5, 0.6) is 0 Å². The van der Waals surface area contributed by atoms with Gasteiger partial charge < -0.3 is 15.5 Å². The van der Waals surface area contributed by atoms with Gasteiger partial charge in [-0.15, -0.1) is 0 Å². The van der Waals surface area contributed by atoms with Gasteiger partial charge in [0.1, 0.15) is 5.65 Å². The van der Waals surface area contributed by atoms with Crippen LogP contribution in [0.3, 0.4) is 0 Å². The molecule has 0 aliphatic carbocycles. The number of rotatable bonds is 2. The number of nitrogens with two attached hydrogens (primary N) is 1. The van der Waals surface area contributed by atoms with Crippen molar-refractivity contribution in [3.63, 3.8) is 0 Å². The monoisotopic (exact) mass is 204 g/mol. The predicted octanol–water partition coefficient (Wildman–Crippen LogP) is 0.811. The lowest BCUT2D eigenvalue weighted by atomic mass is 10.3. The van der Waals surface area contributed by atoms with Gasteiger partial charge in [0, 0.05) is 6.20 Å². The van der Waals surface area contributed by atoms with Gasteiger partial charge in [0.05, 0.1) is 17.9 Å². The molecular weight excluding hydrogens is 192 g/mol. The fraction of sp³-hybridized carbons (Fsp3) is 0.200. The van der Waals surface area contributed by atoms with E-state index in [1.807, 2.05) is 35.7 Å². The molecule has 0 radical (unpaired) electrons. The largest absolute Gasteiger partial charge is 0.352 e. The Balaban J connectivity index is 2.40. The maximum atomic E-state index is 10.6. The minimum atomic E-state index is -0.528. The van der Waals surface area contributed by atoms with Crippen LogP contribution in [0.15, 0.2) is 24.4 Å². The number of nitrogens with one attached hydrogen (secondary N) is 1. The molecule has 0 unspecified atom stereocenters. The predicted molar refractivity (Wildman–Crippen MR) is 56.4 cm³/mol. The van der Waals surface area contributed by atoms with Crippen molar-refractivity contribution in [2.45, 2.75) is 13.5 Å². The number of hydrogen-bond donors (Lipinski definition) is 2. The van der Waals surface area contributed by atoms with E-state index in [1.165, 1.54) is 0 Å². The Morgan fingerprint density at radius 2 is 2.40 bits per heavy atom. The summed E-state index contributed by atoms with van der Waals surface area (Å²) in [6.45, 7) is 2.30. The molecule has 2 heterocycles. The molecule has 0 saturated heterocycles. The highest BCUT2D eigenvalue weighted by atomic mass is 16.2. The molecular formula is C10H12N4O. The number of amides is 2. The summed E-state index contributed by atoms with van der Waals surface area (Å²) in [5.41, 5.74) is 7.74. The molecule has 0 aliphatic rings. The minimum absolute atomic E-state index is 0.395. The molecule has 0 bridgehead atoms. The van der Waals surface area contributed by atoms with Gasteiger partial charge in [0.25, 0.3) is 0 Å². The Morgan fingerprint density at radius 3 is 3.13 bits per heavy atom. The molecule has 3 N–H and O–H groups in total. The Labute approximate surface area is 86.9 Å². The van der Waals surface area contributed by atoms with E-state index >= 15 is 0 Å². The number of imidazole rings is 1. The topological polar surface area (TPSA) is 72.4 Å². The molecule has 78 valence electrons. The number of aryl methyl sites for hydroxylation is 1. The summed E-state index contributed by atoms with van der Waals surface area (Å²) in [6, 6.07) is 5.23. The number of nitrogens with zero attached hydrogens (tertiary/aromatic N) is 2. The van der Waals surface area contributed by atoms with Crippen molar-refractivity contribution < 1.29 is 4.79 Å². The van der Waals surface area contributed by atoms with E-state index in [1.54, 1.807) is 0 Å². The molecule has 0 aromatic carbocycles. The fourth-order valence-electron chi connectivity index (χ4n) is 1.55. The quantitative estimate of drug-likeness (QED) is 0.759. The smallest absolute Gasteiger partial charge is 0.312 e. The van der Waals surface area contributed by atoms with Crippen molar-refractivity contribution in [2.24, 2.45) is 5.73 Å². The SMILES string of the molecule is Cc1nc2ccccn2c1CNC(N)=O. The molecule has 2 aromatic heterocycles. The third-order valence-electron chi connectivity index (χ3n) is 2.26. The molecule has 0 spiro atoms. The molecule has 0 fully saturated rings. The zero-order valence-electron chi connectivity index (χ0n) is 8.40. The second-order valence-corrected chi connectivity index (χ2v) is 3.29. The van der Waals surface area contributed by atoms with Crippen LogP contribution in [0.25, 0.3) is 5.65 Å². The highest BCUT2D eigenvalue weighted by Crippen LogP contribution is 2.10. The number of pyridine rings is 1. The minimum Gasteiger partial charge on any atom is -0.352 e. The van der Waals surface area contributed by atoms with Gasteiger partial charge in [-0.05, 0) is 19.1 Å². The summed E-state index contributed by atoms with van der Waals surface area (Å²) in [5, 5.41) is 2.56. The highest BCUT2D eigenvalue weighted by molar-refractivity contribution is 5.71. The van der Waals surface area contributed by atoms with E-state index in [-0.39, 0.29) is 0 Å². The first-order chi connectivity index (χ1) is 7.18. The summed E-state index contributed by atoms with van der Waals surface area (Å²) in [6.07, 6.45) is 1.91. The zero-order chi connectivity index (χ0) is 10.8. The van der Waals surface area contributed by atoms with Crippen LogP contribution in [0.2, 0.25) is 0 Å². The van der Waals surface area contributed by atoms with Gasteiger partial charge in [-0.25, -0.2) is 9.78 Å². The van der Waals surface area contributed by atoms with Gasteiger partial charge >= 0.3 is 6.03 Å². The summed E-state index contributed by atoms with van der Waals surface area (Å²) < 4.78 is 1.94. The molecule has 15 heavy (non-hydrogen) atoms. The fourth-order valence-corrected chi connectivity index (χ4v) is 1.55. The molecule has 2 rings (SSSR count). The van der Waals surface area contributed by atoms with E-state index in [9.17, 15) is 4.79 Å². The van der Waals surface area contributed by atoms with Gasteiger partial charge in [0.2, 0.25) is 0 Å². The second-order valence-electron chi connectivity index (χ2n) is 3.29. The molecule has 2 amide bonds. The molecule has 5 nitrogen and oxygen atoms in total. The van der Waals surface area contributed by atoms with Crippen LogP contribution in [-0.2, 0) is 6.54 Å². The Bertz CT molecular complexity index is 503. The second kappa shape index (κ2) is 3.61. The van der Waals surface area contributed by atoms with Crippen molar-refractivity contribution >= 4 is 11.7 Å². The van der Waals surface area contributed by atoms with E-state index in [4.69, 9.17) is 5.73 Å². The Morgan fingerprint density at radius 1 is 1.60 bits per heavy atom. The number of hydrogen-bond acceptors (Lipinski definition) is 2. The van der Waals surface area contributed by atoms with E-state index < -0.39 is 6.03 Å². The van der Waals surface area contributed by atoms with Crippen LogP contribution in [0, 0.1) is 6.92 Å². The number of aromatic nitrogens is 2. The number of carbonyl (C=O) groups excluding carboxylic acids is 1. The summed E-state index contributed by atoms with van der Waals surface area (Å²) in [7, 11) is 0. The Hall–Kier alpha value is -2.04. The summed E-state index contributed by atoms with van der Waals surface area (Å²) in [4.78, 5) is 15.0. The summed E-state index contributed by atoms with van der Waals surface area (Å²) >= 11 is 0. The van der Waals surface area contributed by atoms with Crippen molar-refractivity contribution in [3.05, 3.63) is 35.8 Å². The first kappa shape index (κ1) is 9.51. The number of primary amides is 1. The van der Waals surface area contributed by atoms with Crippen LogP contribution >= 0.6 is 0 Å². The molecule has 2 aromatic rings. The third-order valence-corrected chi connectivity index (χ3v) is 2.26. The lowest BCUT2D eigenvalue weighted by Gasteiger charge is -2.02. The number of carbonyl (C=O) groups is 1. The molecule has 0 atom stereocenters. The normalized spacial score (nSPS) is 10.5. The zero-order valence-corrected chi connectivity index (χ0v) is 8.40. The molecule has 5 heteroatoms. The average molecular weight is 204 g/mol. The lowest BCUT2D eigenvalue weighted by Crippen LogP contribution is -2.29. The van der Waals surface area contributed by atoms with Crippen LogP contribution in [0.4, 0.5) is 4.79 Å². The maximum Gasteiger partial charge on any atom is 0.312 e. The van der Waals surface area contributed by atoms with Crippen LogP contribution in [0.1, 0.15) is 11.4 Å². The van der Waals surface area contributed by atoms with E-state index in [0.717, 1.165) is 17.0 Å². The number of fused-ring (bicyclic) bond motifs is 1. The van der Waals surface area contributed by atoms with Gasteiger partial charge in [-0.1, -0.05) is 6.07 Å². The van der Waals surface area contributed by atoms with Crippen molar-refractivity contribution in [2.75, 3.05) is 0 Å². The third kappa shape index (κ3) is 1.76. The maximum absolute atomic E-state index is 10.6. The van der Waals surface area contributed by atoms with Crippen LogP contribution < -0.4 is 11.1 Å². The first-order valence-corrected chi connectivity index (χ1v) is 4.64. The number of urea groups is 1. The van der Waals surface area contributed by atoms with Crippen molar-refractivity contribution in [1.82, 2.24) is 14.7 Å². The lowest BCUT2D eigenvalue weighted by molar-refractivity contribution is 0.248. The average Bonchev–Trinajstić information content (AvgIpc) is 2.50. The highest BCUT2D eigenvalue weighted by Gasteiger charge is 2.07. The van der Waals surface area contributed by atoms with Gasteiger partial charge in [0.15, 0.2) is 0 Å². The van der Waals surface area contributed by atoms with Gasteiger partial charge in [-0.2, -0.15) is 0 Å². The van der Waals surface area contributed by atoms with Crippen molar-refractivity contribution in [3.8, 4) is 0 Å². The standard InChI is InChI=1S/C10H12N4O/c1-7-8(6-12-10(11)15)14-5-3-2-4-9(14)13-7/h2-5H,6H2,1H3,(H3,11,12,15). The van der Waals surface area contributed by atoms with E-state index in [0.29, 0.717) is 6.54 Å². The van der Waals surface area contributed by atoms with Crippen LogP contribution in [-0.4, -0.2) is 15.4 Å². The molecule has 0 aliphatic heterocycles. The van der Waals surface area contributed by atoms with Gasteiger partial charge in [-0.3, -0.25) is 0 Å². The Kier molecular flexibility index (Phi) is 2.29. The van der Waals surface area contributed by atoms with E-state index in [2.05, 4.69) is 10.3 Å².